The molecular weight excluding hydrogens is 276 g/mol. The fourth-order valence-electron chi connectivity index (χ4n) is 1.16. The van der Waals surface area contributed by atoms with Gasteiger partial charge in [0.15, 0.2) is 0 Å². The maximum Gasteiger partial charge on any atom is 0.242 e. The maximum absolute atomic E-state index is 12.1. The summed E-state index contributed by atoms with van der Waals surface area (Å²) < 4.78 is 31.7. The zero-order chi connectivity index (χ0) is 14.0. The van der Waals surface area contributed by atoms with Crippen LogP contribution in [0, 0.1) is 0 Å². The predicted molar refractivity (Wildman–Crippen MR) is 72.1 cm³/mol. The quantitative estimate of drug-likeness (QED) is 0.808. The fourth-order valence-corrected chi connectivity index (χ4v) is 2.75. The summed E-state index contributed by atoms with van der Waals surface area (Å²) in [6, 6.07) is 4.31. The largest absolute Gasteiger partial charge is 0.398 e. The number of methoxy groups -OCH3 is 1. The van der Waals surface area contributed by atoms with Crippen LogP contribution in [0.4, 0.5) is 5.69 Å². The number of ether oxygens (including phenoxy) is 1. The summed E-state index contributed by atoms with van der Waals surface area (Å²) >= 11 is 5.77. The van der Waals surface area contributed by atoms with Crippen molar-refractivity contribution < 1.29 is 13.2 Å². The number of nitrogens with two attached hydrogens (primary N) is 1. The van der Waals surface area contributed by atoms with Crippen LogP contribution in [0.5, 0.6) is 0 Å². The molecule has 0 bridgehead atoms. The summed E-state index contributed by atoms with van der Waals surface area (Å²) in [5.74, 6) is 0. The molecular formula is C11H17ClN2O3S. The molecule has 0 saturated carbocycles. The summed E-state index contributed by atoms with van der Waals surface area (Å²) in [7, 11) is -2.18. The minimum Gasteiger partial charge on any atom is -0.398 e. The normalized spacial score (nSPS) is 12.7. The molecule has 0 amide bonds. The summed E-state index contributed by atoms with van der Waals surface area (Å²) in [4.78, 5) is -0.0260. The molecule has 3 N–H and O–H groups in total. The third-order valence-corrected chi connectivity index (χ3v) is 4.20. The number of hydrogen-bond acceptors (Lipinski definition) is 4. The van der Waals surface area contributed by atoms with Crippen molar-refractivity contribution in [2.45, 2.75) is 24.3 Å². The van der Waals surface area contributed by atoms with Gasteiger partial charge in [0.1, 0.15) is 4.90 Å². The van der Waals surface area contributed by atoms with Crippen molar-refractivity contribution in [2.24, 2.45) is 0 Å². The van der Waals surface area contributed by atoms with Crippen LogP contribution in [0.1, 0.15) is 13.8 Å². The number of benzene rings is 1. The molecule has 0 radical (unpaired) electrons. The first-order valence-corrected chi connectivity index (χ1v) is 7.14. The number of anilines is 1. The topological polar surface area (TPSA) is 81.4 Å². The van der Waals surface area contributed by atoms with Crippen molar-refractivity contribution in [3.8, 4) is 0 Å². The molecule has 0 aliphatic rings. The van der Waals surface area contributed by atoms with Gasteiger partial charge in [-0.05, 0) is 32.0 Å². The van der Waals surface area contributed by atoms with Crippen molar-refractivity contribution >= 4 is 27.3 Å². The van der Waals surface area contributed by atoms with Gasteiger partial charge in [0.05, 0.1) is 11.3 Å². The van der Waals surface area contributed by atoms with E-state index >= 15 is 0 Å². The van der Waals surface area contributed by atoms with E-state index in [9.17, 15) is 8.42 Å². The van der Waals surface area contributed by atoms with E-state index < -0.39 is 15.6 Å². The Balaban J connectivity index is 2.97. The van der Waals surface area contributed by atoms with Gasteiger partial charge in [0, 0.05) is 18.7 Å². The Bertz CT molecular complexity index is 529. The number of rotatable bonds is 5. The van der Waals surface area contributed by atoms with Gasteiger partial charge in [-0.25, -0.2) is 13.1 Å². The molecule has 0 saturated heterocycles. The first-order chi connectivity index (χ1) is 8.18. The lowest BCUT2D eigenvalue weighted by Crippen LogP contribution is -2.39. The molecule has 102 valence electrons. The van der Waals surface area contributed by atoms with E-state index in [1.165, 1.54) is 25.3 Å². The Morgan fingerprint density at radius 2 is 2.06 bits per heavy atom. The van der Waals surface area contributed by atoms with Gasteiger partial charge in [-0.2, -0.15) is 0 Å². The standard InChI is InChI=1S/C11H17ClN2O3S/c1-11(2,17-3)7-14-18(15,16)10-6-8(12)4-5-9(10)13/h4-6,14H,7,13H2,1-3H3. The molecule has 0 aromatic heterocycles. The van der Waals surface area contributed by atoms with Crippen molar-refractivity contribution in [3.05, 3.63) is 23.2 Å². The van der Waals surface area contributed by atoms with Crippen LogP contribution in [0.25, 0.3) is 0 Å². The number of nitrogens with one attached hydrogen (secondary N) is 1. The van der Waals surface area contributed by atoms with Gasteiger partial charge in [-0.3, -0.25) is 0 Å². The maximum atomic E-state index is 12.1. The van der Waals surface area contributed by atoms with Crippen LogP contribution in [0.15, 0.2) is 23.1 Å². The number of hydrogen-bond donors (Lipinski definition) is 2. The molecule has 0 fully saturated rings. The Morgan fingerprint density at radius 1 is 1.44 bits per heavy atom. The molecule has 1 aromatic rings. The van der Waals surface area contributed by atoms with Crippen LogP contribution in [0.2, 0.25) is 5.02 Å². The van der Waals surface area contributed by atoms with Gasteiger partial charge in [0.25, 0.3) is 0 Å². The first kappa shape index (κ1) is 15.2. The molecule has 0 aliphatic carbocycles. The number of halogens is 1. The second-order valence-corrected chi connectivity index (χ2v) is 6.64. The van der Waals surface area contributed by atoms with Crippen molar-refractivity contribution in [3.63, 3.8) is 0 Å². The molecule has 0 aliphatic heterocycles. The monoisotopic (exact) mass is 292 g/mol. The highest BCUT2D eigenvalue weighted by atomic mass is 35.5. The number of nitrogen functional groups attached to an aromatic ring is 1. The van der Waals surface area contributed by atoms with E-state index in [4.69, 9.17) is 22.1 Å². The van der Waals surface area contributed by atoms with E-state index in [0.717, 1.165) is 0 Å². The van der Waals surface area contributed by atoms with Gasteiger partial charge in [-0.1, -0.05) is 11.6 Å². The fraction of sp³-hybridized carbons (Fsp3) is 0.455. The second kappa shape index (κ2) is 5.44. The first-order valence-electron chi connectivity index (χ1n) is 5.28. The lowest BCUT2D eigenvalue weighted by Gasteiger charge is -2.23. The van der Waals surface area contributed by atoms with E-state index in [1.54, 1.807) is 13.8 Å². The molecule has 0 unspecified atom stereocenters. The van der Waals surface area contributed by atoms with E-state index in [1.807, 2.05) is 0 Å². The zero-order valence-electron chi connectivity index (χ0n) is 10.5. The van der Waals surface area contributed by atoms with Gasteiger partial charge in [-0.15, -0.1) is 0 Å². The van der Waals surface area contributed by atoms with Crippen LogP contribution >= 0.6 is 11.6 Å². The molecule has 0 atom stereocenters. The Hall–Kier alpha value is -0.820. The van der Waals surface area contributed by atoms with E-state index in [-0.39, 0.29) is 17.1 Å². The molecule has 0 spiro atoms. The molecule has 18 heavy (non-hydrogen) atoms. The lowest BCUT2D eigenvalue weighted by atomic mass is 10.1. The molecule has 1 aromatic carbocycles. The van der Waals surface area contributed by atoms with Gasteiger partial charge < -0.3 is 10.5 Å². The predicted octanol–water partition coefficient (Wildman–Crippen LogP) is 1.63. The van der Waals surface area contributed by atoms with Crippen LogP contribution in [-0.2, 0) is 14.8 Å². The number of sulfonamides is 1. The minimum atomic E-state index is -3.70. The summed E-state index contributed by atoms with van der Waals surface area (Å²) in [6.07, 6.45) is 0. The van der Waals surface area contributed by atoms with E-state index in [0.29, 0.717) is 5.02 Å². The summed E-state index contributed by atoms with van der Waals surface area (Å²) in [5, 5.41) is 0.315. The third kappa shape index (κ3) is 3.84. The smallest absolute Gasteiger partial charge is 0.242 e. The van der Waals surface area contributed by atoms with Gasteiger partial charge in [0.2, 0.25) is 10.0 Å². The summed E-state index contributed by atoms with van der Waals surface area (Å²) in [6.45, 7) is 3.69. The Kier molecular flexibility index (Phi) is 4.61. The third-order valence-electron chi connectivity index (χ3n) is 2.51. The van der Waals surface area contributed by atoms with Crippen LogP contribution in [0.3, 0.4) is 0 Å². The van der Waals surface area contributed by atoms with Crippen molar-refractivity contribution in [1.82, 2.24) is 4.72 Å². The van der Waals surface area contributed by atoms with Crippen molar-refractivity contribution in [1.29, 1.82) is 0 Å². The Labute approximate surface area is 112 Å². The molecule has 7 heteroatoms. The Morgan fingerprint density at radius 3 is 2.61 bits per heavy atom. The minimum absolute atomic E-state index is 0.0260. The molecule has 1 rings (SSSR count). The zero-order valence-corrected chi connectivity index (χ0v) is 12.1. The van der Waals surface area contributed by atoms with Crippen LogP contribution in [-0.4, -0.2) is 27.7 Å². The van der Waals surface area contributed by atoms with Crippen LogP contribution < -0.4 is 10.5 Å². The van der Waals surface area contributed by atoms with Crippen molar-refractivity contribution in [2.75, 3.05) is 19.4 Å². The highest BCUT2D eigenvalue weighted by Gasteiger charge is 2.23. The highest BCUT2D eigenvalue weighted by molar-refractivity contribution is 7.89. The average Bonchev–Trinajstić information content (AvgIpc) is 2.30. The second-order valence-electron chi connectivity index (χ2n) is 4.47. The SMILES string of the molecule is COC(C)(C)CNS(=O)(=O)c1cc(Cl)ccc1N. The summed E-state index contributed by atoms with van der Waals surface area (Å²) in [5.41, 5.74) is 5.20. The molecule has 5 nitrogen and oxygen atoms in total. The van der Waals surface area contributed by atoms with E-state index in [2.05, 4.69) is 4.72 Å². The highest BCUT2D eigenvalue weighted by Crippen LogP contribution is 2.22. The molecule has 0 heterocycles. The lowest BCUT2D eigenvalue weighted by molar-refractivity contribution is 0.0276. The van der Waals surface area contributed by atoms with Gasteiger partial charge >= 0.3 is 0 Å². The average molecular weight is 293 g/mol.